The molecule has 0 aliphatic heterocycles. The summed E-state index contributed by atoms with van der Waals surface area (Å²) in [7, 11) is -9.78. The molecule has 0 saturated heterocycles. The number of hydrogen-bond donors (Lipinski definition) is 4. The summed E-state index contributed by atoms with van der Waals surface area (Å²) < 4.78 is 60.7. The highest BCUT2D eigenvalue weighted by atomic mass is 31.2. The highest BCUT2D eigenvalue weighted by Crippen LogP contribution is 2.45. The second kappa shape index (κ2) is 60.5. The molecule has 0 aromatic carbocycles. The van der Waals surface area contributed by atoms with Crippen LogP contribution < -0.4 is 0 Å². The third-order valence-corrected chi connectivity index (χ3v) is 14.9. The molecule has 0 bridgehead atoms. The van der Waals surface area contributed by atoms with Crippen LogP contribution >= 0.6 is 15.6 Å². The van der Waals surface area contributed by atoms with Crippen LogP contribution in [-0.4, -0.2) is 95.9 Å². The van der Waals surface area contributed by atoms with Crippen LogP contribution in [0.5, 0.6) is 0 Å². The van der Waals surface area contributed by atoms with Gasteiger partial charge in [-0.05, 0) is 122 Å². The van der Waals surface area contributed by atoms with Crippen LogP contribution in [0.3, 0.4) is 0 Å². The molecule has 5 unspecified atom stereocenters. The van der Waals surface area contributed by atoms with E-state index in [2.05, 4.69) is 130 Å². The van der Waals surface area contributed by atoms with Crippen molar-refractivity contribution in [2.45, 2.75) is 257 Å². The third kappa shape index (κ3) is 61.6. The molecule has 0 aliphatic carbocycles. The lowest BCUT2D eigenvalue weighted by Crippen LogP contribution is -2.30. The van der Waals surface area contributed by atoms with Crippen molar-refractivity contribution in [1.82, 2.24) is 0 Å². The normalized spacial score (nSPS) is 15.0. The highest BCUT2D eigenvalue weighted by molar-refractivity contribution is 7.47. The zero-order valence-corrected chi connectivity index (χ0v) is 54.3. The standard InChI is InChI=1S/C67H114O16P2/c1-4-7-10-13-16-19-22-25-27-29-30-32-34-36-38-41-44-47-50-53-65(70)77-56-62(68)57-79-84(73,74)80-58-63(69)59-81-85(75,76)82-61-64(83-67(72)55-52-49-46-43-40-35-24-21-18-15-12-9-6-3)60-78-66(71)54-51-48-45-42-39-37-33-31-28-26-23-20-17-14-11-8-5-2/h7-8,10-11,16-17,19-21,24-28,30,32,36,38,62-64,68-69H,4-6,9,12-15,18,22-23,29,31,33-35,37,39-61H2,1-3H3,(H,73,74)(H,75,76)/b10-7-,11-8-,19-16-,20-17-,24-21-,27-25-,28-26-,32-30-,38-36-. The first-order valence-electron chi connectivity index (χ1n) is 32.2. The maximum Gasteiger partial charge on any atom is 0.472 e. The number of phosphoric ester groups is 2. The summed E-state index contributed by atoms with van der Waals surface area (Å²) in [6.45, 7) is 2.35. The van der Waals surface area contributed by atoms with Crippen molar-refractivity contribution < 1.29 is 75.8 Å². The van der Waals surface area contributed by atoms with Gasteiger partial charge in [0.2, 0.25) is 0 Å². The Morgan fingerprint density at radius 2 is 0.624 bits per heavy atom. The minimum absolute atomic E-state index is 0.0897. The topological polar surface area (TPSA) is 231 Å². The van der Waals surface area contributed by atoms with E-state index < -0.39 is 91.5 Å². The van der Waals surface area contributed by atoms with Crippen LogP contribution in [0, 0.1) is 0 Å². The molecule has 4 N–H and O–H groups in total. The highest BCUT2D eigenvalue weighted by Gasteiger charge is 2.29. The zero-order chi connectivity index (χ0) is 62.4. The molecule has 16 nitrogen and oxygen atoms in total. The number of esters is 3. The minimum Gasteiger partial charge on any atom is -0.463 e. The van der Waals surface area contributed by atoms with Crippen LogP contribution in [0.25, 0.3) is 0 Å². The molecule has 0 spiro atoms. The van der Waals surface area contributed by atoms with E-state index in [1.54, 1.807) is 0 Å². The summed E-state index contributed by atoms with van der Waals surface area (Å²) in [5.41, 5.74) is 0. The van der Waals surface area contributed by atoms with Crippen LogP contribution in [0.2, 0.25) is 0 Å². The van der Waals surface area contributed by atoms with Crippen LogP contribution in [-0.2, 0) is 55.8 Å². The van der Waals surface area contributed by atoms with Crippen molar-refractivity contribution in [2.75, 3.05) is 39.6 Å². The first kappa shape index (κ1) is 81.2. The molecule has 0 rings (SSSR count). The van der Waals surface area contributed by atoms with Gasteiger partial charge in [-0.25, -0.2) is 9.13 Å². The van der Waals surface area contributed by atoms with Crippen LogP contribution in [0.1, 0.15) is 239 Å². The number of carbonyl (C=O) groups excluding carboxylic acids is 3. The number of hydrogen-bond acceptors (Lipinski definition) is 14. The average Bonchev–Trinajstić information content (AvgIpc) is 3.51. The summed E-state index contributed by atoms with van der Waals surface area (Å²) in [4.78, 5) is 58.2. The molecule has 5 atom stereocenters. The van der Waals surface area contributed by atoms with Gasteiger partial charge in [-0.2, -0.15) is 0 Å². The SMILES string of the molecule is CC/C=C\C/C=C\C/C=C\C/C=C\C/C=C\CCCCCC(=O)OCC(O)COP(=O)(O)OCC(O)COP(=O)(O)OCC(COC(=O)CCCCCCCCC/C=C\C/C=C\C/C=C\CC)OC(=O)CCCCCCC/C=C\CCCCCC. The molecule has 0 saturated carbocycles. The van der Waals surface area contributed by atoms with Gasteiger partial charge in [0.05, 0.1) is 26.4 Å². The monoisotopic (exact) mass is 1240 g/mol. The van der Waals surface area contributed by atoms with E-state index in [0.717, 1.165) is 154 Å². The summed E-state index contributed by atoms with van der Waals surface area (Å²) in [5.74, 6) is -1.63. The van der Waals surface area contributed by atoms with Crippen molar-refractivity contribution in [3.05, 3.63) is 109 Å². The van der Waals surface area contributed by atoms with E-state index in [1.165, 1.54) is 25.7 Å². The average molecular weight is 1240 g/mol. The number of ether oxygens (including phenoxy) is 3. The molecule has 18 heteroatoms. The van der Waals surface area contributed by atoms with Crippen molar-refractivity contribution in [1.29, 1.82) is 0 Å². The third-order valence-electron chi connectivity index (χ3n) is 13.0. The summed E-state index contributed by atoms with van der Waals surface area (Å²) in [6, 6.07) is 0. The van der Waals surface area contributed by atoms with Gasteiger partial charge in [-0.1, -0.05) is 207 Å². The van der Waals surface area contributed by atoms with Gasteiger partial charge < -0.3 is 34.2 Å². The maximum absolute atomic E-state index is 12.9. The second-order valence-corrected chi connectivity index (χ2v) is 24.1. The number of phosphoric acid groups is 2. The predicted molar refractivity (Wildman–Crippen MR) is 344 cm³/mol. The molecule has 488 valence electrons. The van der Waals surface area contributed by atoms with Crippen molar-refractivity contribution in [3.8, 4) is 0 Å². The Balaban J connectivity index is 4.70. The Kier molecular flexibility index (Phi) is 57.8. The smallest absolute Gasteiger partial charge is 0.463 e. The second-order valence-electron chi connectivity index (χ2n) is 21.1. The minimum atomic E-state index is -4.93. The largest absolute Gasteiger partial charge is 0.472 e. The van der Waals surface area contributed by atoms with E-state index in [9.17, 15) is 43.5 Å². The summed E-state index contributed by atoms with van der Waals surface area (Å²) >= 11 is 0. The summed E-state index contributed by atoms with van der Waals surface area (Å²) in [6.07, 6.45) is 65.8. The maximum atomic E-state index is 12.9. The number of allylic oxidation sites excluding steroid dienone is 18. The van der Waals surface area contributed by atoms with Gasteiger partial charge in [0.1, 0.15) is 25.4 Å². The molecule has 0 fully saturated rings. The van der Waals surface area contributed by atoms with Crippen molar-refractivity contribution in [3.63, 3.8) is 0 Å². The molecule has 0 heterocycles. The Hall–Kier alpha value is -3.79. The Labute approximate surface area is 513 Å². The number of aliphatic hydroxyl groups is 2. The lowest BCUT2D eigenvalue weighted by atomic mass is 10.1. The number of carbonyl (C=O) groups is 3. The van der Waals surface area contributed by atoms with E-state index in [-0.39, 0.29) is 19.3 Å². The fourth-order valence-corrected chi connectivity index (χ4v) is 9.66. The molecule has 0 aromatic rings. The first-order chi connectivity index (χ1) is 41.2. The number of aliphatic hydroxyl groups excluding tert-OH is 2. The van der Waals surface area contributed by atoms with Gasteiger partial charge in [0.15, 0.2) is 6.10 Å². The van der Waals surface area contributed by atoms with E-state index in [1.807, 2.05) is 0 Å². The fourth-order valence-electron chi connectivity index (χ4n) is 8.07. The van der Waals surface area contributed by atoms with Crippen molar-refractivity contribution >= 4 is 33.6 Å². The van der Waals surface area contributed by atoms with Crippen molar-refractivity contribution in [2.24, 2.45) is 0 Å². The molecule has 0 amide bonds. The predicted octanol–water partition coefficient (Wildman–Crippen LogP) is 17.3. The molecule has 0 radical (unpaired) electrons. The Bertz CT molecular complexity index is 1990. The Morgan fingerprint density at radius 3 is 1.01 bits per heavy atom. The molecule has 0 aromatic heterocycles. The van der Waals surface area contributed by atoms with Crippen LogP contribution in [0.4, 0.5) is 0 Å². The van der Waals surface area contributed by atoms with E-state index in [4.69, 9.17) is 32.3 Å². The summed E-state index contributed by atoms with van der Waals surface area (Å²) in [5, 5.41) is 20.5. The van der Waals surface area contributed by atoms with E-state index in [0.29, 0.717) is 19.3 Å². The number of rotatable bonds is 60. The van der Waals surface area contributed by atoms with Gasteiger partial charge in [0, 0.05) is 19.3 Å². The van der Waals surface area contributed by atoms with Gasteiger partial charge >= 0.3 is 33.6 Å². The Morgan fingerprint density at radius 1 is 0.341 bits per heavy atom. The lowest BCUT2D eigenvalue weighted by Gasteiger charge is -2.21. The fraction of sp³-hybridized carbons (Fsp3) is 0.687. The molecule has 0 aliphatic rings. The molecular weight excluding hydrogens is 1120 g/mol. The number of unbranched alkanes of at least 4 members (excludes halogenated alkanes) is 19. The lowest BCUT2D eigenvalue weighted by molar-refractivity contribution is -0.161. The van der Waals surface area contributed by atoms with Crippen LogP contribution in [0.15, 0.2) is 109 Å². The molecule has 85 heavy (non-hydrogen) atoms. The first-order valence-corrected chi connectivity index (χ1v) is 35.2. The quantitative estimate of drug-likeness (QED) is 0.0146. The van der Waals surface area contributed by atoms with E-state index >= 15 is 0 Å². The molecular formula is C67H114O16P2. The van der Waals surface area contributed by atoms with Gasteiger partial charge in [0.25, 0.3) is 0 Å². The zero-order valence-electron chi connectivity index (χ0n) is 52.5. The van der Waals surface area contributed by atoms with Gasteiger partial charge in [-0.15, -0.1) is 0 Å². The van der Waals surface area contributed by atoms with Gasteiger partial charge in [-0.3, -0.25) is 32.5 Å².